The Bertz CT molecular complexity index is 256. The summed E-state index contributed by atoms with van der Waals surface area (Å²) in [7, 11) is 0. The van der Waals surface area contributed by atoms with Crippen molar-refractivity contribution in [3.05, 3.63) is 29.3 Å². The largest absolute Gasteiger partial charge is 0.493 e. The number of benzene rings is 1. The van der Waals surface area contributed by atoms with Crippen LogP contribution in [0.2, 0.25) is 5.02 Å². The fourth-order valence-corrected chi connectivity index (χ4v) is 1.79. The molecule has 0 amide bonds. The Kier molecular flexibility index (Phi) is 5.34. The molecule has 0 heterocycles. The Balaban J connectivity index is 2.41. The quantitative estimate of drug-likeness (QED) is 0.735. The van der Waals surface area contributed by atoms with Crippen molar-refractivity contribution in [3.8, 4) is 5.75 Å². The molecule has 0 aliphatic carbocycles. The van der Waals surface area contributed by atoms with Gasteiger partial charge >= 0.3 is 0 Å². The van der Waals surface area contributed by atoms with Gasteiger partial charge in [-0.1, -0.05) is 34.5 Å². The van der Waals surface area contributed by atoms with Crippen molar-refractivity contribution in [2.45, 2.75) is 13.3 Å². The Morgan fingerprint density at radius 1 is 1.36 bits per heavy atom. The van der Waals surface area contributed by atoms with Gasteiger partial charge in [0.05, 0.1) is 6.61 Å². The third-order valence-electron chi connectivity index (χ3n) is 2.09. The van der Waals surface area contributed by atoms with E-state index in [1.807, 2.05) is 24.3 Å². The number of halogens is 2. The Hall–Kier alpha value is -0.210. The van der Waals surface area contributed by atoms with Crippen LogP contribution in [0.5, 0.6) is 5.75 Å². The van der Waals surface area contributed by atoms with Crippen LogP contribution in [0, 0.1) is 5.92 Å². The van der Waals surface area contributed by atoms with Gasteiger partial charge in [0.1, 0.15) is 5.75 Å². The zero-order chi connectivity index (χ0) is 10.4. The van der Waals surface area contributed by atoms with Gasteiger partial charge in [-0.15, -0.1) is 0 Å². The third kappa shape index (κ3) is 3.89. The molecule has 0 saturated carbocycles. The van der Waals surface area contributed by atoms with Crippen LogP contribution in [0.1, 0.15) is 13.3 Å². The van der Waals surface area contributed by atoms with Crippen molar-refractivity contribution in [1.82, 2.24) is 0 Å². The van der Waals surface area contributed by atoms with Crippen molar-refractivity contribution in [2.75, 3.05) is 11.9 Å². The lowest BCUT2D eigenvalue weighted by molar-refractivity contribution is 0.260. The Labute approximate surface area is 98.5 Å². The van der Waals surface area contributed by atoms with Crippen molar-refractivity contribution < 1.29 is 4.74 Å². The van der Waals surface area contributed by atoms with E-state index in [1.165, 1.54) is 0 Å². The van der Waals surface area contributed by atoms with Gasteiger partial charge < -0.3 is 4.74 Å². The van der Waals surface area contributed by atoms with Crippen molar-refractivity contribution in [2.24, 2.45) is 5.92 Å². The van der Waals surface area contributed by atoms with Crippen LogP contribution in [-0.2, 0) is 0 Å². The topological polar surface area (TPSA) is 9.23 Å². The molecule has 0 aliphatic heterocycles. The van der Waals surface area contributed by atoms with Crippen molar-refractivity contribution in [3.63, 3.8) is 0 Å². The number of hydrogen-bond donors (Lipinski definition) is 0. The molecule has 0 aromatic heterocycles. The summed E-state index contributed by atoms with van der Waals surface area (Å²) < 4.78 is 5.62. The highest BCUT2D eigenvalue weighted by Gasteiger charge is 2.04. The molecule has 1 atom stereocenters. The lowest BCUT2D eigenvalue weighted by Gasteiger charge is -2.12. The molecule has 1 aromatic carbocycles. The molecule has 14 heavy (non-hydrogen) atoms. The van der Waals surface area contributed by atoms with Gasteiger partial charge in [0.25, 0.3) is 0 Å². The minimum Gasteiger partial charge on any atom is -0.493 e. The molecule has 1 aromatic rings. The highest BCUT2D eigenvalue weighted by Crippen LogP contribution is 2.17. The Morgan fingerprint density at radius 2 is 2.00 bits per heavy atom. The lowest BCUT2D eigenvalue weighted by atomic mass is 10.1. The standard InChI is InChI=1S/C11H14BrClO/c1-2-9(7-12)8-14-11-5-3-10(13)4-6-11/h3-6,9H,2,7-8H2,1H3. The molecule has 0 fully saturated rings. The van der Waals surface area contributed by atoms with Crippen molar-refractivity contribution >= 4 is 27.5 Å². The molecule has 0 saturated heterocycles. The van der Waals surface area contributed by atoms with Crippen LogP contribution in [0.25, 0.3) is 0 Å². The predicted molar refractivity (Wildman–Crippen MR) is 64.5 cm³/mol. The molecule has 3 heteroatoms. The van der Waals surface area contributed by atoms with Crippen LogP contribution in [-0.4, -0.2) is 11.9 Å². The van der Waals surface area contributed by atoms with Crippen LogP contribution in [0.4, 0.5) is 0 Å². The van der Waals surface area contributed by atoms with Gasteiger partial charge in [0, 0.05) is 16.3 Å². The molecule has 1 unspecified atom stereocenters. The van der Waals surface area contributed by atoms with Gasteiger partial charge in [0.2, 0.25) is 0 Å². The predicted octanol–water partition coefficient (Wildman–Crippen LogP) is 4.14. The van der Waals surface area contributed by atoms with E-state index in [1.54, 1.807) is 0 Å². The van der Waals surface area contributed by atoms with E-state index in [0.717, 1.165) is 29.1 Å². The first-order chi connectivity index (χ1) is 6.76. The van der Waals surface area contributed by atoms with E-state index >= 15 is 0 Å². The molecule has 0 bridgehead atoms. The summed E-state index contributed by atoms with van der Waals surface area (Å²) in [5.74, 6) is 1.46. The zero-order valence-corrected chi connectivity index (χ0v) is 10.5. The van der Waals surface area contributed by atoms with Gasteiger partial charge in [0.15, 0.2) is 0 Å². The summed E-state index contributed by atoms with van der Waals surface area (Å²) in [6.45, 7) is 2.92. The molecule has 1 rings (SSSR count). The third-order valence-corrected chi connectivity index (χ3v) is 3.26. The SMILES string of the molecule is CCC(CBr)COc1ccc(Cl)cc1. The summed E-state index contributed by atoms with van der Waals surface area (Å²) in [5.41, 5.74) is 0. The number of rotatable bonds is 5. The molecule has 0 aliphatic rings. The molecule has 1 nitrogen and oxygen atoms in total. The summed E-state index contributed by atoms with van der Waals surface area (Å²) in [4.78, 5) is 0. The van der Waals surface area contributed by atoms with Crippen LogP contribution >= 0.6 is 27.5 Å². The number of hydrogen-bond acceptors (Lipinski definition) is 1. The highest BCUT2D eigenvalue weighted by atomic mass is 79.9. The molecule has 0 spiro atoms. The molecular weight excluding hydrogens is 263 g/mol. The zero-order valence-electron chi connectivity index (χ0n) is 8.17. The first-order valence-corrected chi connectivity index (χ1v) is 6.20. The monoisotopic (exact) mass is 276 g/mol. The molecule has 0 radical (unpaired) electrons. The summed E-state index contributed by atoms with van der Waals surface area (Å²) in [6.07, 6.45) is 1.12. The van der Waals surface area contributed by atoms with E-state index in [2.05, 4.69) is 22.9 Å². The maximum Gasteiger partial charge on any atom is 0.119 e. The Morgan fingerprint density at radius 3 is 2.50 bits per heavy atom. The van der Waals surface area contributed by atoms with E-state index in [-0.39, 0.29) is 0 Å². The molecular formula is C11H14BrClO. The molecule has 0 N–H and O–H groups in total. The van der Waals surface area contributed by atoms with Crippen LogP contribution in [0.3, 0.4) is 0 Å². The lowest BCUT2D eigenvalue weighted by Crippen LogP contribution is -2.12. The maximum atomic E-state index is 5.77. The summed E-state index contributed by atoms with van der Waals surface area (Å²) in [5, 5.41) is 1.72. The van der Waals surface area contributed by atoms with Crippen molar-refractivity contribution in [1.29, 1.82) is 0 Å². The van der Waals surface area contributed by atoms with E-state index in [9.17, 15) is 0 Å². The second-order valence-electron chi connectivity index (χ2n) is 3.19. The number of ether oxygens (including phenoxy) is 1. The smallest absolute Gasteiger partial charge is 0.119 e. The second-order valence-corrected chi connectivity index (χ2v) is 4.28. The second kappa shape index (κ2) is 6.31. The number of alkyl halides is 1. The van der Waals surface area contributed by atoms with E-state index < -0.39 is 0 Å². The van der Waals surface area contributed by atoms with Gasteiger partial charge in [-0.2, -0.15) is 0 Å². The minimum absolute atomic E-state index is 0.575. The fourth-order valence-electron chi connectivity index (χ4n) is 1.02. The van der Waals surface area contributed by atoms with Gasteiger partial charge in [-0.05, 0) is 30.7 Å². The van der Waals surface area contributed by atoms with Crippen LogP contribution in [0.15, 0.2) is 24.3 Å². The highest BCUT2D eigenvalue weighted by molar-refractivity contribution is 9.09. The van der Waals surface area contributed by atoms with E-state index in [4.69, 9.17) is 16.3 Å². The van der Waals surface area contributed by atoms with Crippen LogP contribution < -0.4 is 4.74 Å². The van der Waals surface area contributed by atoms with Gasteiger partial charge in [-0.25, -0.2) is 0 Å². The summed E-state index contributed by atoms with van der Waals surface area (Å²) in [6, 6.07) is 7.46. The first kappa shape index (κ1) is 11.9. The summed E-state index contributed by atoms with van der Waals surface area (Å²) >= 11 is 9.23. The van der Waals surface area contributed by atoms with E-state index in [0.29, 0.717) is 5.92 Å². The fraction of sp³-hybridized carbons (Fsp3) is 0.455. The maximum absolute atomic E-state index is 5.77. The molecule has 78 valence electrons. The average Bonchev–Trinajstić information content (AvgIpc) is 2.22. The first-order valence-electron chi connectivity index (χ1n) is 4.70. The van der Waals surface area contributed by atoms with Gasteiger partial charge in [-0.3, -0.25) is 0 Å². The average molecular weight is 278 g/mol. The normalized spacial score (nSPS) is 12.5. The minimum atomic E-state index is 0.575.